The Hall–Kier alpha value is -2.15. The van der Waals surface area contributed by atoms with Gasteiger partial charge in [-0.05, 0) is 45.0 Å². The van der Waals surface area contributed by atoms with Gasteiger partial charge in [0.05, 0.1) is 11.5 Å². The number of likely N-dealkylation sites (tertiary alicyclic amines) is 1. The first-order valence-corrected chi connectivity index (χ1v) is 6.84. The molecule has 1 saturated heterocycles. The minimum Gasteiger partial charge on any atom is -0.487 e. The average Bonchev–Trinajstić information content (AvgIpc) is 2.84. The number of hydrogen-bond donors (Lipinski definition) is 1. The lowest BCUT2D eigenvalue weighted by atomic mass is 10.1. The number of nitro groups is 1. The molecular weight excluding hydrogens is 276 g/mol. The second-order valence-corrected chi connectivity index (χ2v) is 5.13. The summed E-state index contributed by atoms with van der Waals surface area (Å²) in [6, 6.07) is 4.51. The molecule has 0 saturated carbocycles. The molecule has 1 aromatic rings. The van der Waals surface area contributed by atoms with Gasteiger partial charge < -0.3 is 14.7 Å². The standard InChI is InChI=1S/C14H18N2O5/c1-15-8-3-4-10(15)7-9-21-12-6-2-5-11(14(17)18)13(12)16(19)20/h2,5-6,10H,3-4,7-9H2,1H3,(H,17,18). The zero-order valence-corrected chi connectivity index (χ0v) is 11.8. The second-order valence-electron chi connectivity index (χ2n) is 5.13. The number of nitrogens with zero attached hydrogens (tertiary/aromatic N) is 2. The molecule has 0 bridgehead atoms. The van der Waals surface area contributed by atoms with Crippen LogP contribution in [0.5, 0.6) is 5.75 Å². The van der Waals surface area contributed by atoms with Gasteiger partial charge in [0.25, 0.3) is 0 Å². The molecule has 2 rings (SSSR count). The van der Waals surface area contributed by atoms with Gasteiger partial charge in [0.15, 0.2) is 5.75 Å². The molecule has 1 N–H and O–H groups in total. The van der Waals surface area contributed by atoms with Gasteiger partial charge in [0.1, 0.15) is 5.56 Å². The Morgan fingerprint density at radius 2 is 2.33 bits per heavy atom. The molecule has 1 aromatic carbocycles. The topological polar surface area (TPSA) is 92.9 Å². The summed E-state index contributed by atoms with van der Waals surface area (Å²) in [4.78, 5) is 23.6. The maximum atomic E-state index is 11.1. The van der Waals surface area contributed by atoms with Gasteiger partial charge in [0.2, 0.25) is 0 Å². The summed E-state index contributed by atoms with van der Waals surface area (Å²) in [5, 5.41) is 20.1. The molecule has 21 heavy (non-hydrogen) atoms. The van der Waals surface area contributed by atoms with Crippen molar-refractivity contribution in [3.05, 3.63) is 33.9 Å². The molecule has 1 atom stereocenters. The van der Waals surface area contributed by atoms with Crippen LogP contribution in [0, 0.1) is 10.1 Å². The second kappa shape index (κ2) is 6.53. The molecular formula is C14H18N2O5. The number of nitro benzene ring substituents is 1. The van der Waals surface area contributed by atoms with Gasteiger partial charge in [-0.25, -0.2) is 4.79 Å². The summed E-state index contributed by atoms with van der Waals surface area (Å²) in [5.74, 6) is -1.32. The third-order valence-corrected chi connectivity index (χ3v) is 3.79. The van der Waals surface area contributed by atoms with E-state index in [0.29, 0.717) is 12.6 Å². The number of aromatic carboxylic acids is 1. The quantitative estimate of drug-likeness (QED) is 0.638. The van der Waals surface area contributed by atoms with Crippen LogP contribution in [0.2, 0.25) is 0 Å². The van der Waals surface area contributed by atoms with E-state index in [1.165, 1.54) is 18.2 Å². The van der Waals surface area contributed by atoms with E-state index in [-0.39, 0.29) is 11.3 Å². The SMILES string of the molecule is CN1CCCC1CCOc1cccc(C(=O)O)c1[N+](=O)[O-]. The number of carboxylic acid groups (broad SMARTS) is 1. The largest absolute Gasteiger partial charge is 0.487 e. The summed E-state index contributed by atoms with van der Waals surface area (Å²) >= 11 is 0. The molecule has 0 amide bonds. The van der Waals surface area contributed by atoms with E-state index in [1.807, 2.05) is 7.05 Å². The van der Waals surface area contributed by atoms with Crippen molar-refractivity contribution in [3.8, 4) is 5.75 Å². The number of rotatable bonds is 6. The minimum atomic E-state index is -1.33. The van der Waals surface area contributed by atoms with E-state index in [4.69, 9.17) is 9.84 Å². The number of para-hydroxylation sites is 1. The van der Waals surface area contributed by atoms with Crippen molar-refractivity contribution in [3.63, 3.8) is 0 Å². The first-order chi connectivity index (χ1) is 10.0. The molecule has 0 spiro atoms. The fourth-order valence-electron chi connectivity index (χ4n) is 2.65. The van der Waals surface area contributed by atoms with Crippen molar-refractivity contribution in [2.24, 2.45) is 0 Å². The predicted molar refractivity (Wildman–Crippen MR) is 75.8 cm³/mol. The van der Waals surface area contributed by atoms with E-state index in [0.717, 1.165) is 25.8 Å². The Balaban J connectivity index is 2.07. The zero-order chi connectivity index (χ0) is 15.4. The van der Waals surface area contributed by atoms with Crippen LogP contribution in [0.1, 0.15) is 29.6 Å². The van der Waals surface area contributed by atoms with Gasteiger partial charge in [-0.1, -0.05) is 6.07 Å². The highest BCUT2D eigenvalue weighted by Crippen LogP contribution is 2.31. The highest BCUT2D eigenvalue weighted by atomic mass is 16.6. The Kier molecular flexibility index (Phi) is 4.74. The van der Waals surface area contributed by atoms with Crippen LogP contribution in [-0.2, 0) is 0 Å². The van der Waals surface area contributed by atoms with Crippen LogP contribution < -0.4 is 4.74 Å². The molecule has 1 aliphatic rings. The first-order valence-electron chi connectivity index (χ1n) is 6.84. The summed E-state index contributed by atoms with van der Waals surface area (Å²) in [7, 11) is 2.05. The molecule has 7 nitrogen and oxygen atoms in total. The smallest absolute Gasteiger partial charge is 0.342 e. The number of carbonyl (C=O) groups is 1. The molecule has 7 heteroatoms. The highest BCUT2D eigenvalue weighted by Gasteiger charge is 2.26. The maximum Gasteiger partial charge on any atom is 0.342 e. The lowest BCUT2D eigenvalue weighted by molar-refractivity contribution is -0.386. The third-order valence-electron chi connectivity index (χ3n) is 3.79. The van der Waals surface area contributed by atoms with Crippen molar-refractivity contribution < 1.29 is 19.6 Å². The molecule has 0 aliphatic carbocycles. The molecule has 0 aromatic heterocycles. The minimum absolute atomic E-state index is 0.0144. The maximum absolute atomic E-state index is 11.1. The van der Waals surface area contributed by atoms with Gasteiger partial charge >= 0.3 is 11.7 Å². The molecule has 0 radical (unpaired) electrons. The Labute approximate surface area is 122 Å². The molecule has 1 fully saturated rings. The molecule has 1 aliphatic heterocycles. The lowest BCUT2D eigenvalue weighted by Crippen LogP contribution is -2.26. The monoisotopic (exact) mass is 294 g/mol. The summed E-state index contributed by atoms with van der Waals surface area (Å²) in [6.45, 7) is 1.39. The Morgan fingerprint density at radius 1 is 1.57 bits per heavy atom. The number of carboxylic acids is 1. The van der Waals surface area contributed by atoms with Gasteiger partial charge in [-0.2, -0.15) is 0 Å². The number of ether oxygens (including phenoxy) is 1. The van der Waals surface area contributed by atoms with Crippen LogP contribution in [0.3, 0.4) is 0 Å². The van der Waals surface area contributed by atoms with Crippen LogP contribution in [0.15, 0.2) is 18.2 Å². The van der Waals surface area contributed by atoms with Gasteiger partial charge in [-0.3, -0.25) is 10.1 Å². The van der Waals surface area contributed by atoms with Crippen LogP contribution in [-0.4, -0.2) is 47.1 Å². The van der Waals surface area contributed by atoms with Crippen LogP contribution in [0.4, 0.5) is 5.69 Å². The fourth-order valence-corrected chi connectivity index (χ4v) is 2.65. The van der Waals surface area contributed by atoms with E-state index < -0.39 is 16.6 Å². The van der Waals surface area contributed by atoms with Crippen LogP contribution >= 0.6 is 0 Å². The first kappa shape index (κ1) is 15.2. The number of hydrogen-bond acceptors (Lipinski definition) is 5. The fraction of sp³-hybridized carbons (Fsp3) is 0.500. The average molecular weight is 294 g/mol. The summed E-state index contributed by atoms with van der Waals surface area (Å²) in [6.07, 6.45) is 3.01. The van der Waals surface area contributed by atoms with E-state index in [9.17, 15) is 14.9 Å². The van der Waals surface area contributed by atoms with E-state index >= 15 is 0 Å². The van der Waals surface area contributed by atoms with Crippen molar-refractivity contribution in [1.82, 2.24) is 4.90 Å². The predicted octanol–water partition coefficient (Wildman–Crippen LogP) is 2.16. The van der Waals surface area contributed by atoms with Crippen molar-refractivity contribution in [2.45, 2.75) is 25.3 Å². The molecule has 114 valence electrons. The van der Waals surface area contributed by atoms with Crippen molar-refractivity contribution in [1.29, 1.82) is 0 Å². The lowest BCUT2D eigenvalue weighted by Gasteiger charge is -2.19. The number of benzene rings is 1. The van der Waals surface area contributed by atoms with Crippen molar-refractivity contribution in [2.75, 3.05) is 20.2 Å². The molecule has 1 unspecified atom stereocenters. The van der Waals surface area contributed by atoms with E-state index in [1.54, 1.807) is 0 Å². The van der Waals surface area contributed by atoms with Gasteiger partial charge in [-0.15, -0.1) is 0 Å². The Bertz CT molecular complexity index is 546. The highest BCUT2D eigenvalue weighted by molar-refractivity contribution is 5.93. The third kappa shape index (κ3) is 3.49. The molecule has 1 heterocycles. The normalized spacial score (nSPS) is 18.6. The van der Waals surface area contributed by atoms with Crippen LogP contribution in [0.25, 0.3) is 0 Å². The summed E-state index contributed by atoms with van der Waals surface area (Å²) < 4.78 is 5.47. The van der Waals surface area contributed by atoms with E-state index in [2.05, 4.69) is 4.90 Å². The van der Waals surface area contributed by atoms with Gasteiger partial charge in [0, 0.05) is 6.04 Å². The Morgan fingerprint density at radius 3 is 2.90 bits per heavy atom. The zero-order valence-electron chi connectivity index (χ0n) is 11.8. The van der Waals surface area contributed by atoms with Crippen molar-refractivity contribution >= 4 is 11.7 Å². The summed E-state index contributed by atoms with van der Waals surface area (Å²) in [5.41, 5.74) is -0.833.